The Balaban J connectivity index is -0.0000000241. The summed E-state index contributed by atoms with van der Waals surface area (Å²) in [7, 11) is 0. The number of hydrogen-bond acceptors (Lipinski definition) is 11. The SMILES string of the molecule is C=O.CC(=O)C=O.CC(=O)CO.Cc1cnc[nH]1.N.N.N.N.O=CO. The molecule has 15 N–H and O–H groups in total. The number of aliphatic hydroxyl groups excluding tert-OH is 1. The van der Waals surface area contributed by atoms with Gasteiger partial charge in [-0.25, -0.2) is 4.98 Å². The normalized spacial score (nSPS) is 5.60. The van der Waals surface area contributed by atoms with Crippen LogP contribution in [0.3, 0.4) is 0 Å². The minimum absolute atomic E-state index is 0. The molecule has 0 fully saturated rings. The predicted molar refractivity (Wildman–Crippen MR) is 93.7 cm³/mol. The van der Waals surface area contributed by atoms with E-state index in [2.05, 4.69) is 9.97 Å². The fourth-order valence-corrected chi connectivity index (χ4v) is 0.325. The number of aromatic nitrogens is 2. The van der Waals surface area contributed by atoms with Crippen LogP contribution in [0.2, 0.25) is 0 Å². The van der Waals surface area contributed by atoms with Gasteiger partial charge in [0.25, 0.3) is 6.47 Å². The number of imidazole rings is 1. The van der Waals surface area contributed by atoms with Crippen LogP contribution in [0.15, 0.2) is 12.5 Å². The first kappa shape index (κ1) is 49.5. The maximum atomic E-state index is 9.56. The molecule has 13 nitrogen and oxygen atoms in total. The van der Waals surface area contributed by atoms with Crippen molar-refractivity contribution in [2.75, 3.05) is 6.61 Å². The van der Waals surface area contributed by atoms with E-state index in [1.165, 1.54) is 13.8 Å². The second kappa shape index (κ2) is 49.7. The van der Waals surface area contributed by atoms with E-state index < -0.39 is 5.78 Å². The van der Waals surface area contributed by atoms with Crippen molar-refractivity contribution < 1.29 is 34.2 Å². The number of nitrogens with one attached hydrogen (secondary N) is 1. The average Bonchev–Trinajstić information content (AvgIpc) is 2.94. The standard InChI is InChI=1S/C4H6N2.C3H6O2.C3H4O2.CH2O2.CH2O.4H3N/c1-4-2-5-3-6-4;2*1-3(5)2-4;2-1-3;1-2;;;;/h2-3H,1H3,(H,5,6);4H,2H2,1H3;2H,1H3;1H,(H,2,3);1H2;4*1H3. The molecule has 25 heavy (non-hydrogen) atoms. The van der Waals surface area contributed by atoms with Crippen molar-refractivity contribution >= 4 is 31.1 Å². The summed E-state index contributed by atoms with van der Waals surface area (Å²) in [4.78, 5) is 51.2. The highest BCUT2D eigenvalue weighted by atomic mass is 16.3. The number of ketones is 2. The first-order valence-electron chi connectivity index (χ1n) is 5.23. The second-order valence-electron chi connectivity index (χ2n) is 2.93. The number of H-pyrrole nitrogens is 1. The summed E-state index contributed by atoms with van der Waals surface area (Å²) in [6.45, 7) is 5.93. The molecular formula is C12H32N6O7. The van der Waals surface area contributed by atoms with Crippen molar-refractivity contribution in [2.45, 2.75) is 20.8 Å². The van der Waals surface area contributed by atoms with Gasteiger partial charge in [-0.15, -0.1) is 0 Å². The summed E-state index contributed by atoms with van der Waals surface area (Å²) in [5.74, 6) is -0.616. The lowest BCUT2D eigenvalue weighted by Crippen LogP contribution is -1.93. The van der Waals surface area contributed by atoms with E-state index >= 15 is 0 Å². The summed E-state index contributed by atoms with van der Waals surface area (Å²) < 4.78 is 0. The van der Waals surface area contributed by atoms with E-state index in [0.29, 0.717) is 0 Å². The van der Waals surface area contributed by atoms with E-state index in [4.69, 9.17) is 24.6 Å². The Morgan fingerprint density at radius 3 is 1.48 bits per heavy atom. The van der Waals surface area contributed by atoms with Gasteiger partial charge in [0.1, 0.15) is 13.4 Å². The van der Waals surface area contributed by atoms with Gasteiger partial charge in [-0.05, 0) is 13.8 Å². The van der Waals surface area contributed by atoms with Crippen LogP contribution in [0.5, 0.6) is 0 Å². The number of Topliss-reactive ketones (excluding diaryl/α,β-unsaturated/α-hetero) is 2. The largest absolute Gasteiger partial charge is 0.483 e. The third-order valence-corrected chi connectivity index (χ3v) is 1.02. The van der Waals surface area contributed by atoms with Crippen LogP contribution in [-0.2, 0) is 24.0 Å². The summed E-state index contributed by atoms with van der Waals surface area (Å²) >= 11 is 0. The molecule has 1 aromatic rings. The minimum atomic E-state index is -0.426. The van der Waals surface area contributed by atoms with Crippen LogP contribution >= 0.6 is 0 Å². The van der Waals surface area contributed by atoms with Crippen molar-refractivity contribution in [2.24, 2.45) is 0 Å². The topological polar surface area (TPSA) is 294 Å². The highest BCUT2D eigenvalue weighted by Crippen LogP contribution is 1.81. The first-order valence-corrected chi connectivity index (χ1v) is 5.23. The van der Waals surface area contributed by atoms with Crippen LogP contribution < -0.4 is 24.6 Å². The molecule has 1 aromatic heterocycles. The molecule has 0 saturated heterocycles. The average molecular weight is 372 g/mol. The Morgan fingerprint density at radius 1 is 1.16 bits per heavy atom. The first-order chi connectivity index (χ1) is 9.85. The Hall–Kier alpha value is -2.84. The zero-order chi connectivity index (χ0) is 17.7. The highest BCUT2D eigenvalue weighted by molar-refractivity contribution is 6.23. The van der Waals surface area contributed by atoms with Crippen molar-refractivity contribution in [1.29, 1.82) is 0 Å². The monoisotopic (exact) mass is 372 g/mol. The molecule has 0 aliphatic heterocycles. The molecule has 0 radical (unpaired) electrons. The maximum Gasteiger partial charge on any atom is 0.290 e. The number of carbonyl (C=O) groups is 5. The number of carbonyl (C=O) groups excluding carboxylic acids is 4. The number of nitrogens with zero attached hydrogens (tertiary/aromatic N) is 1. The smallest absolute Gasteiger partial charge is 0.290 e. The molecule has 0 aliphatic carbocycles. The van der Waals surface area contributed by atoms with Gasteiger partial charge in [-0.3, -0.25) is 19.2 Å². The van der Waals surface area contributed by atoms with Crippen LogP contribution in [0.4, 0.5) is 0 Å². The predicted octanol–water partition coefficient (Wildman–Crippen LogP) is 0.224. The zero-order valence-electron chi connectivity index (χ0n) is 14.9. The molecule has 0 saturated carbocycles. The van der Waals surface area contributed by atoms with Gasteiger partial charge in [-0.1, -0.05) is 0 Å². The fourth-order valence-electron chi connectivity index (χ4n) is 0.325. The molecule has 0 aliphatic rings. The fraction of sp³-hybridized carbons (Fsp3) is 0.333. The van der Waals surface area contributed by atoms with Gasteiger partial charge < -0.3 is 44.6 Å². The van der Waals surface area contributed by atoms with Gasteiger partial charge >= 0.3 is 0 Å². The Kier molecular flexibility index (Phi) is 98.3. The third-order valence-electron chi connectivity index (χ3n) is 1.02. The van der Waals surface area contributed by atoms with Crippen LogP contribution in [0, 0.1) is 6.92 Å². The number of aldehydes is 1. The van der Waals surface area contributed by atoms with Crippen molar-refractivity contribution in [3.63, 3.8) is 0 Å². The van der Waals surface area contributed by atoms with Gasteiger partial charge in [-0.2, -0.15) is 0 Å². The lowest BCUT2D eigenvalue weighted by atomic mass is 10.5. The molecule has 1 heterocycles. The Bertz CT molecular complexity index is 374. The molecule has 13 heteroatoms. The third kappa shape index (κ3) is 117. The Labute approximate surface area is 146 Å². The van der Waals surface area contributed by atoms with E-state index in [0.717, 1.165) is 5.69 Å². The molecular weight excluding hydrogens is 340 g/mol. The van der Waals surface area contributed by atoms with E-state index in [-0.39, 0.29) is 49.8 Å². The molecule has 152 valence electrons. The molecule has 0 spiro atoms. The second-order valence-corrected chi connectivity index (χ2v) is 2.93. The van der Waals surface area contributed by atoms with Gasteiger partial charge in [0.15, 0.2) is 17.9 Å². The van der Waals surface area contributed by atoms with Crippen molar-refractivity contribution in [3.8, 4) is 0 Å². The summed E-state index contributed by atoms with van der Waals surface area (Å²) in [5, 5.41) is 14.7. The zero-order valence-corrected chi connectivity index (χ0v) is 14.9. The van der Waals surface area contributed by atoms with E-state index in [1.54, 1.807) is 12.5 Å². The number of rotatable bonds is 2. The molecule has 0 atom stereocenters. The number of aryl methyl sites for hydroxylation is 1. The summed E-state index contributed by atoms with van der Waals surface area (Å²) in [6, 6.07) is 0. The number of aromatic amines is 1. The number of carboxylic acid groups (broad SMARTS) is 1. The maximum absolute atomic E-state index is 9.56. The number of aliphatic hydroxyl groups is 1. The minimum Gasteiger partial charge on any atom is -0.483 e. The summed E-state index contributed by atoms with van der Waals surface area (Å²) in [6.07, 6.45) is 3.72. The van der Waals surface area contributed by atoms with Crippen molar-refractivity contribution in [1.82, 2.24) is 34.6 Å². The lowest BCUT2D eigenvalue weighted by molar-refractivity contribution is -0.128. The lowest BCUT2D eigenvalue weighted by Gasteiger charge is -1.72. The molecule has 0 aromatic carbocycles. The van der Waals surface area contributed by atoms with E-state index in [1.807, 2.05) is 13.7 Å². The molecule has 0 unspecified atom stereocenters. The van der Waals surface area contributed by atoms with Gasteiger partial charge in [0.05, 0.1) is 6.33 Å². The molecule has 0 amide bonds. The highest BCUT2D eigenvalue weighted by Gasteiger charge is 1.78. The Morgan fingerprint density at radius 2 is 1.44 bits per heavy atom. The summed E-state index contributed by atoms with van der Waals surface area (Å²) in [5.41, 5.74) is 1.11. The van der Waals surface area contributed by atoms with Crippen LogP contribution in [0.25, 0.3) is 0 Å². The molecule has 1 rings (SSSR count). The van der Waals surface area contributed by atoms with E-state index in [9.17, 15) is 9.59 Å². The van der Waals surface area contributed by atoms with Crippen LogP contribution in [-0.4, -0.2) is 57.9 Å². The van der Waals surface area contributed by atoms with Gasteiger partial charge in [0.2, 0.25) is 0 Å². The number of hydrogen-bond donors (Lipinski definition) is 7. The van der Waals surface area contributed by atoms with Gasteiger partial charge in [0, 0.05) is 18.8 Å². The van der Waals surface area contributed by atoms with Crippen molar-refractivity contribution in [3.05, 3.63) is 18.2 Å². The van der Waals surface area contributed by atoms with Crippen LogP contribution in [0.1, 0.15) is 19.5 Å². The quantitative estimate of drug-likeness (QED) is 0.271. The molecule has 0 bridgehead atoms.